The standard InChI is InChI=1S/C13H12BrCl2NS/c1-2-9-3-4-10(18-9)7-17-13-11(15)5-8(14)6-12(13)16/h3-6,17H,2,7H2,1H3. The van der Waals surface area contributed by atoms with Crippen LogP contribution in [0.5, 0.6) is 0 Å². The molecule has 2 aromatic rings. The molecule has 0 aliphatic heterocycles. The summed E-state index contributed by atoms with van der Waals surface area (Å²) in [5.74, 6) is 0. The molecule has 0 radical (unpaired) electrons. The maximum Gasteiger partial charge on any atom is 0.0722 e. The normalized spacial score (nSPS) is 10.7. The summed E-state index contributed by atoms with van der Waals surface area (Å²) >= 11 is 17.5. The molecular weight excluding hydrogens is 353 g/mol. The Balaban J connectivity index is 2.10. The summed E-state index contributed by atoms with van der Waals surface area (Å²) in [7, 11) is 0. The number of nitrogens with one attached hydrogen (secondary N) is 1. The quantitative estimate of drug-likeness (QED) is 0.702. The van der Waals surface area contributed by atoms with Crippen LogP contribution in [0.2, 0.25) is 10.0 Å². The summed E-state index contributed by atoms with van der Waals surface area (Å²) in [4.78, 5) is 2.67. The molecule has 0 aliphatic carbocycles. The molecule has 5 heteroatoms. The molecule has 0 fully saturated rings. The Morgan fingerprint density at radius 2 is 1.78 bits per heavy atom. The van der Waals surface area contributed by atoms with Gasteiger partial charge in [-0.05, 0) is 30.7 Å². The maximum absolute atomic E-state index is 6.16. The van der Waals surface area contributed by atoms with Crippen LogP contribution in [0.15, 0.2) is 28.7 Å². The van der Waals surface area contributed by atoms with Crippen molar-refractivity contribution < 1.29 is 0 Å². The van der Waals surface area contributed by atoms with Crippen molar-refractivity contribution in [2.45, 2.75) is 19.9 Å². The lowest BCUT2D eigenvalue weighted by Gasteiger charge is -2.10. The summed E-state index contributed by atoms with van der Waals surface area (Å²) in [5, 5.41) is 4.54. The maximum atomic E-state index is 6.16. The van der Waals surface area contributed by atoms with E-state index in [4.69, 9.17) is 23.2 Å². The average molecular weight is 365 g/mol. The number of rotatable bonds is 4. The van der Waals surface area contributed by atoms with E-state index in [0.29, 0.717) is 10.0 Å². The van der Waals surface area contributed by atoms with Gasteiger partial charge in [0.1, 0.15) is 0 Å². The molecule has 0 bridgehead atoms. The minimum Gasteiger partial charge on any atom is -0.378 e. The van der Waals surface area contributed by atoms with Crippen LogP contribution in [0, 0.1) is 0 Å². The molecule has 1 aromatic heterocycles. The van der Waals surface area contributed by atoms with Crippen LogP contribution in [-0.2, 0) is 13.0 Å². The summed E-state index contributed by atoms with van der Waals surface area (Å²) in [5.41, 5.74) is 0.785. The fraction of sp³-hybridized carbons (Fsp3) is 0.231. The van der Waals surface area contributed by atoms with Crippen LogP contribution >= 0.6 is 50.5 Å². The molecule has 0 unspecified atom stereocenters. The fourth-order valence-corrected chi connectivity index (χ4v) is 3.83. The number of halogens is 3. The van der Waals surface area contributed by atoms with E-state index in [9.17, 15) is 0 Å². The van der Waals surface area contributed by atoms with Crippen molar-refractivity contribution in [2.24, 2.45) is 0 Å². The van der Waals surface area contributed by atoms with E-state index < -0.39 is 0 Å². The van der Waals surface area contributed by atoms with Gasteiger partial charge in [-0.2, -0.15) is 0 Å². The van der Waals surface area contributed by atoms with Crippen LogP contribution in [0.25, 0.3) is 0 Å². The van der Waals surface area contributed by atoms with Gasteiger partial charge in [-0.15, -0.1) is 11.3 Å². The number of anilines is 1. The molecule has 1 nitrogen and oxygen atoms in total. The monoisotopic (exact) mass is 363 g/mol. The highest BCUT2D eigenvalue weighted by molar-refractivity contribution is 9.10. The van der Waals surface area contributed by atoms with E-state index in [0.717, 1.165) is 23.1 Å². The minimum absolute atomic E-state index is 0.627. The molecule has 18 heavy (non-hydrogen) atoms. The first-order valence-corrected chi connectivity index (χ1v) is 7.92. The predicted molar refractivity (Wildman–Crippen MR) is 85.2 cm³/mol. The van der Waals surface area contributed by atoms with E-state index in [1.807, 2.05) is 23.5 Å². The number of hydrogen-bond acceptors (Lipinski definition) is 2. The lowest BCUT2D eigenvalue weighted by molar-refractivity contribution is 1.19. The van der Waals surface area contributed by atoms with Gasteiger partial charge in [0.25, 0.3) is 0 Å². The van der Waals surface area contributed by atoms with Crippen molar-refractivity contribution in [3.8, 4) is 0 Å². The Kier molecular flexibility index (Phi) is 4.96. The minimum atomic E-state index is 0.627. The van der Waals surface area contributed by atoms with Crippen LogP contribution < -0.4 is 5.32 Å². The second-order valence-electron chi connectivity index (χ2n) is 3.82. The van der Waals surface area contributed by atoms with Crippen molar-refractivity contribution in [3.05, 3.63) is 48.5 Å². The highest BCUT2D eigenvalue weighted by Crippen LogP contribution is 2.34. The third-order valence-corrected chi connectivity index (χ3v) is 4.80. The molecule has 0 atom stereocenters. The molecule has 0 spiro atoms. The van der Waals surface area contributed by atoms with Crippen LogP contribution in [-0.4, -0.2) is 0 Å². The molecule has 96 valence electrons. The van der Waals surface area contributed by atoms with Crippen molar-refractivity contribution in [1.29, 1.82) is 0 Å². The van der Waals surface area contributed by atoms with Crippen LogP contribution in [0.4, 0.5) is 5.69 Å². The van der Waals surface area contributed by atoms with Crippen molar-refractivity contribution in [2.75, 3.05) is 5.32 Å². The lowest BCUT2D eigenvalue weighted by Crippen LogP contribution is -1.98. The summed E-state index contributed by atoms with van der Waals surface area (Å²) in [6.07, 6.45) is 1.07. The third-order valence-electron chi connectivity index (χ3n) is 2.51. The van der Waals surface area contributed by atoms with E-state index in [2.05, 4.69) is 40.3 Å². The zero-order valence-electron chi connectivity index (χ0n) is 9.77. The largest absolute Gasteiger partial charge is 0.378 e. The van der Waals surface area contributed by atoms with Crippen LogP contribution in [0.3, 0.4) is 0 Å². The van der Waals surface area contributed by atoms with E-state index in [1.165, 1.54) is 9.75 Å². The first-order valence-electron chi connectivity index (χ1n) is 5.56. The topological polar surface area (TPSA) is 12.0 Å². The predicted octanol–water partition coefficient (Wildman–Crippen LogP) is 5.99. The molecule has 1 aromatic carbocycles. The van der Waals surface area contributed by atoms with E-state index in [-0.39, 0.29) is 0 Å². The molecule has 0 saturated carbocycles. The highest BCUT2D eigenvalue weighted by Gasteiger charge is 2.07. The van der Waals surface area contributed by atoms with Gasteiger partial charge in [0.15, 0.2) is 0 Å². The first kappa shape index (κ1) is 14.2. The Morgan fingerprint density at radius 1 is 1.17 bits per heavy atom. The van der Waals surface area contributed by atoms with E-state index >= 15 is 0 Å². The second kappa shape index (κ2) is 6.29. The van der Waals surface area contributed by atoms with Crippen molar-refractivity contribution in [3.63, 3.8) is 0 Å². The number of benzene rings is 1. The van der Waals surface area contributed by atoms with Gasteiger partial charge < -0.3 is 5.32 Å². The van der Waals surface area contributed by atoms with Crippen molar-refractivity contribution in [1.82, 2.24) is 0 Å². The van der Waals surface area contributed by atoms with Gasteiger partial charge in [-0.3, -0.25) is 0 Å². The van der Waals surface area contributed by atoms with Gasteiger partial charge in [-0.1, -0.05) is 46.1 Å². The molecule has 0 saturated heterocycles. The zero-order chi connectivity index (χ0) is 13.1. The average Bonchev–Trinajstić information content (AvgIpc) is 2.75. The number of aryl methyl sites for hydroxylation is 1. The zero-order valence-corrected chi connectivity index (χ0v) is 13.7. The molecule has 0 aliphatic rings. The Hall–Kier alpha value is -0.220. The Bertz CT molecular complexity index is 531. The van der Waals surface area contributed by atoms with Gasteiger partial charge in [0.05, 0.1) is 15.7 Å². The number of thiophene rings is 1. The summed E-state index contributed by atoms with van der Waals surface area (Å²) in [6.45, 7) is 2.90. The summed E-state index contributed by atoms with van der Waals surface area (Å²) in [6, 6.07) is 7.97. The molecular formula is C13H12BrCl2NS. The van der Waals surface area contributed by atoms with Gasteiger partial charge >= 0.3 is 0 Å². The number of hydrogen-bond donors (Lipinski definition) is 1. The van der Waals surface area contributed by atoms with Gasteiger partial charge in [0.2, 0.25) is 0 Å². The van der Waals surface area contributed by atoms with Gasteiger partial charge in [-0.25, -0.2) is 0 Å². The lowest BCUT2D eigenvalue weighted by atomic mass is 10.3. The molecule has 1 N–H and O–H groups in total. The molecule has 0 amide bonds. The SMILES string of the molecule is CCc1ccc(CNc2c(Cl)cc(Br)cc2Cl)s1. The molecule has 2 rings (SSSR count). The Labute approximate surface area is 129 Å². The Morgan fingerprint density at radius 3 is 2.33 bits per heavy atom. The van der Waals surface area contributed by atoms with E-state index in [1.54, 1.807) is 0 Å². The second-order valence-corrected chi connectivity index (χ2v) is 6.80. The smallest absolute Gasteiger partial charge is 0.0722 e. The first-order chi connectivity index (χ1) is 8.60. The summed E-state index contributed by atoms with van der Waals surface area (Å²) < 4.78 is 0.882. The fourth-order valence-electron chi connectivity index (χ4n) is 1.59. The van der Waals surface area contributed by atoms with Gasteiger partial charge in [0, 0.05) is 20.8 Å². The highest BCUT2D eigenvalue weighted by atomic mass is 79.9. The third kappa shape index (κ3) is 3.41. The van der Waals surface area contributed by atoms with Crippen LogP contribution in [0.1, 0.15) is 16.7 Å². The van der Waals surface area contributed by atoms with Crippen molar-refractivity contribution >= 4 is 56.2 Å². The molecule has 1 heterocycles.